The Balaban J connectivity index is 1.80. The molecule has 2 aromatic heterocycles. The zero-order valence-electron chi connectivity index (χ0n) is 15.4. The molecule has 10 heteroatoms. The molecule has 0 bridgehead atoms. The maximum absolute atomic E-state index is 12.8. The smallest absolute Gasteiger partial charge is 0.416 e. The first-order chi connectivity index (χ1) is 13.6. The lowest BCUT2D eigenvalue weighted by Gasteiger charge is -2.15. The van der Waals surface area contributed by atoms with E-state index in [4.69, 9.17) is 5.73 Å². The number of aromatic nitrogens is 4. The van der Waals surface area contributed by atoms with Gasteiger partial charge in [-0.1, -0.05) is 19.1 Å². The van der Waals surface area contributed by atoms with Crippen molar-refractivity contribution in [2.75, 3.05) is 5.73 Å². The second-order valence-corrected chi connectivity index (χ2v) is 7.29. The Kier molecular flexibility index (Phi) is 4.44. The molecule has 29 heavy (non-hydrogen) atoms. The monoisotopic (exact) mass is 405 g/mol. The number of nitrogens with zero attached hydrogens (tertiary/aromatic N) is 4. The molecule has 1 fully saturated rings. The van der Waals surface area contributed by atoms with Crippen LogP contribution in [-0.2, 0) is 12.7 Å². The fourth-order valence-electron chi connectivity index (χ4n) is 3.47. The number of anilines is 1. The number of carboxylic acid groups (broad SMARTS) is 1. The molecule has 0 amide bonds. The van der Waals surface area contributed by atoms with Gasteiger partial charge in [0, 0.05) is 12.5 Å². The van der Waals surface area contributed by atoms with Crippen LogP contribution in [0.1, 0.15) is 53.3 Å². The summed E-state index contributed by atoms with van der Waals surface area (Å²) < 4.78 is 40.3. The van der Waals surface area contributed by atoms with E-state index in [9.17, 15) is 23.1 Å². The summed E-state index contributed by atoms with van der Waals surface area (Å²) in [6.45, 7) is 2.24. The molecule has 1 aliphatic carbocycles. The summed E-state index contributed by atoms with van der Waals surface area (Å²) in [7, 11) is 0. The van der Waals surface area contributed by atoms with E-state index in [0.717, 1.165) is 25.0 Å². The quantitative estimate of drug-likeness (QED) is 0.671. The number of hydrogen-bond donors (Lipinski definition) is 2. The van der Waals surface area contributed by atoms with Crippen molar-refractivity contribution in [3.8, 4) is 0 Å². The van der Waals surface area contributed by atoms with E-state index in [1.54, 1.807) is 4.57 Å². The number of benzene rings is 1. The van der Waals surface area contributed by atoms with Crippen molar-refractivity contribution in [2.45, 2.75) is 38.4 Å². The highest BCUT2D eigenvalue weighted by Crippen LogP contribution is 2.43. The molecule has 3 aromatic rings. The summed E-state index contributed by atoms with van der Waals surface area (Å²) in [6.07, 6.45) is -2.28. The number of nitrogen functional groups attached to an aromatic ring is 1. The van der Waals surface area contributed by atoms with Crippen LogP contribution in [0.25, 0.3) is 11.2 Å². The fourth-order valence-corrected chi connectivity index (χ4v) is 3.47. The Bertz CT molecular complexity index is 1090. The first-order valence-corrected chi connectivity index (χ1v) is 9.08. The number of hydrogen-bond acceptors (Lipinski definition) is 5. The first kappa shape index (κ1) is 19.2. The van der Waals surface area contributed by atoms with Gasteiger partial charge in [-0.05, 0) is 36.5 Å². The third-order valence-corrected chi connectivity index (χ3v) is 5.21. The number of alkyl halides is 3. The largest absolute Gasteiger partial charge is 0.475 e. The highest BCUT2D eigenvalue weighted by molar-refractivity contribution is 5.90. The van der Waals surface area contributed by atoms with Crippen LogP contribution in [0.5, 0.6) is 0 Å². The minimum atomic E-state index is -4.41. The van der Waals surface area contributed by atoms with Gasteiger partial charge < -0.3 is 15.4 Å². The molecule has 3 N–H and O–H groups in total. The van der Waals surface area contributed by atoms with Crippen LogP contribution >= 0.6 is 0 Å². The van der Waals surface area contributed by atoms with Crippen molar-refractivity contribution in [3.63, 3.8) is 0 Å². The van der Waals surface area contributed by atoms with Crippen molar-refractivity contribution in [2.24, 2.45) is 5.92 Å². The molecule has 2 heterocycles. The van der Waals surface area contributed by atoms with Gasteiger partial charge in [0.25, 0.3) is 0 Å². The second kappa shape index (κ2) is 6.71. The van der Waals surface area contributed by atoms with E-state index in [0.29, 0.717) is 22.8 Å². The molecule has 1 aromatic carbocycles. The van der Waals surface area contributed by atoms with Gasteiger partial charge in [-0.3, -0.25) is 0 Å². The maximum Gasteiger partial charge on any atom is 0.416 e. The minimum absolute atomic E-state index is 0.0268. The number of aromatic carboxylic acids is 1. The van der Waals surface area contributed by atoms with Gasteiger partial charge in [0.1, 0.15) is 11.3 Å². The van der Waals surface area contributed by atoms with E-state index in [1.807, 2.05) is 6.92 Å². The SMILES string of the molecule is CC(c1nc2nc(C(=O)O)nc(N)c2n1Cc1ccc(C(F)(F)F)cc1)C1CC1. The van der Waals surface area contributed by atoms with Gasteiger partial charge in [0.15, 0.2) is 11.5 Å². The van der Waals surface area contributed by atoms with Crippen molar-refractivity contribution in [1.29, 1.82) is 0 Å². The van der Waals surface area contributed by atoms with E-state index < -0.39 is 23.5 Å². The molecule has 152 valence electrons. The Morgan fingerprint density at radius 2 is 1.90 bits per heavy atom. The lowest BCUT2D eigenvalue weighted by atomic mass is 10.1. The average Bonchev–Trinajstić information content (AvgIpc) is 3.43. The van der Waals surface area contributed by atoms with Crippen LogP contribution in [0.15, 0.2) is 24.3 Å². The average molecular weight is 405 g/mol. The molecule has 0 radical (unpaired) electrons. The van der Waals surface area contributed by atoms with Crippen molar-refractivity contribution in [1.82, 2.24) is 19.5 Å². The normalized spacial score (nSPS) is 15.6. The molecule has 1 aliphatic rings. The number of halogens is 3. The Hall–Kier alpha value is -3.17. The zero-order valence-corrected chi connectivity index (χ0v) is 15.4. The van der Waals surface area contributed by atoms with E-state index in [1.165, 1.54) is 12.1 Å². The van der Waals surface area contributed by atoms with Crippen molar-refractivity contribution in [3.05, 3.63) is 47.0 Å². The molecular weight excluding hydrogens is 387 g/mol. The number of fused-ring (bicyclic) bond motifs is 1. The number of carboxylic acids is 1. The maximum atomic E-state index is 12.8. The summed E-state index contributed by atoms with van der Waals surface area (Å²) in [5.41, 5.74) is 6.47. The highest BCUT2D eigenvalue weighted by atomic mass is 19.4. The van der Waals surface area contributed by atoms with Gasteiger partial charge in [0.2, 0.25) is 5.82 Å². The zero-order chi connectivity index (χ0) is 20.9. The third-order valence-electron chi connectivity index (χ3n) is 5.21. The summed E-state index contributed by atoms with van der Waals surface area (Å²) in [4.78, 5) is 23.6. The van der Waals surface area contributed by atoms with Crippen molar-refractivity contribution < 1.29 is 23.1 Å². The molecule has 1 atom stereocenters. The number of nitrogens with two attached hydrogens (primary N) is 1. The molecule has 0 spiro atoms. The lowest BCUT2D eigenvalue weighted by molar-refractivity contribution is -0.137. The number of carbonyl (C=O) groups is 1. The standard InChI is InChI=1S/C19H18F3N5O2/c1-9(11-4-5-11)17-26-15-13(14(23)24-16(25-15)18(28)29)27(17)8-10-2-6-12(7-3-10)19(20,21)22/h2-3,6-7,9,11H,4-5,8H2,1H3,(H,28,29)(H2,23,24,25). The summed E-state index contributed by atoms with van der Waals surface area (Å²) in [5, 5.41) is 9.17. The van der Waals surface area contributed by atoms with Crippen LogP contribution in [0, 0.1) is 5.92 Å². The van der Waals surface area contributed by atoms with E-state index in [-0.39, 0.29) is 23.9 Å². The Morgan fingerprint density at radius 3 is 2.45 bits per heavy atom. The van der Waals surface area contributed by atoms with Gasteiger partial charge in [0.05, 0.1) is 5.56 Å². The first-order valence-electron chi connectivity index (χ1n) is 9.08. The molecule has 4 rings (SSSR count). The summed E-state index contributed by atoms with van der Waals surface area (Å²) >= 11 is 0. The van der Waals surface area contributed by atoms with Crippen LogP contribution in [0.4, 0.5) is 19.0 Å². The Labute approximate surface area is 163 Å². The molecular formula is C19H18F3N5O2. The lowest BCUT2D eigenvalue weighted by Crippen LogP contribution is -2.12. The van der Waals surface area contributed by atoms with Crippen LogP contribution in [0.2, 0.25) is 0 Å². The number of rotatable bonds is 5. The van der Waals surface area contributed by atoms with Crippen LogP contribution < -0.4 is 5.73 Å². The van der Waals surface area contributed by atoms with E-state index >= 15 is 0 Å². The molecule has 0 saturated heterocycles. The van der Waals surface area contributed by atoms with Gasteiger partial charge in [-0.25, -0.2) is 19.7 Å². The minimum Gasteiger partial charge on any atom is -0.475 e. The van der Waals surface area contributed by atoms with Crippen molar-refractivity contribution >= 4 is 23.0 Å². The Morgan fingerprint density at radius 1 is 1.24 bits per heavy atom. The van der Waals surface area contributed by atoms with Crippen LogP contribution in [-0.4, -0.2) is 30.6 Å². The third kappa shape index (κ3) is 3.62. The second-order valence-electron chi connectivity index (χ2n) is 7.29. The molecule has 1 unspecified atom stereocenters. The van der Waals surface area contributed by atoms with E-state index in [2.05, 4.69) is 15.0 Å². The number of imidazole rings is 1. The fraction of sp³-hybridized carbons (Fsp3) is 0.368. The molecule has 7 nitrogen and oxygen atoms in total. The van der Waals surface area contributed by atoms with Crippen LogP contribution in [0.3, 0.4) is 0 Å². The predicted molar refractivity (Wildman–Crippen MR) is 98.4 cm³/mol. The highest BCUT2D eigenvalue weighted by Gasteiger charge is 2.34. The van der Waals surface area contributed by atoms with Gasteiger partial charge >= 0.3 is 12.1 Å². The molecule has 1 saturated carbocycles. The van der Waals surface area contributed by atoms with Gasteiger partial charge in [-0.2, -0.15) is 13.2 Å². The predicted octanol–water partition coefficient (Wildman–Crippen LogP) is 3.69. The van der Waals surface area contributed by atoms with Gasteiger partial charge in [-0.15, -0.1) is 0 Å². The summed E-state index contributed by atoms with van der Waals surface area (Å²) in [6, 6.07) is 4.87. The topological polar surface area (TPSA) is 107 Å². The summed E-state index contributed by atoms with van der Waals surface area (Å²) in [5.74, 6) is -0.586. The molecule has 0 aliphatic heterocycles.